The van der Waals surface area contributed by atoms with Crippen LogP contribution in [0.25, 0.3) is 0 Å². The van der Waals surface area contributed by atoms with Crippen molar-refractivity contribution in [1.29, 1.82) is 0 Å². The van der Waals surface area contributed by atoms with Crippen molar-refractivity contribution >= 4 is 23.3 Å². The number of methoxy groups -OCH3 is 1. The summed E-state index contributed by atoms with van der Waals surface area (Å²) in [6, 6.07) is 4.52. The molecule has 3 N–H and O–H groups in total. The van der Waals surface area contributed by atoms with Crippen molar-refractivity contribution in [3.63, 3.8) is 0 Å². The highest BCUT2D eigenvalue weighted by atomic mass is 35.5. The van der Waals surface area contributed by atoms with E-state index in [1.54, 1.807) is 18.2 Å². The van der Waals surface area contributed by atoms with Gasteiger partial charge in [0.25, 0.3) is 0 Å². The summed E-state index contributed by atoms with van der Waals surface area (Å²) in [4.78, 5) is 11.8. The largest absolute Gasteiger partial charge is 0.495 e. The molecule has 1 rings (SSSR count). The van der Waals surface area contributed by atoms with Gasteiger partial charge in [-0.3, -0.25) is 0 Å². The van der Waals surface area contributed by atoms with Crippen molar-refractivity contribution in [2.24, 2.45) is 5.41 Å². The second-order valence-corrected chi connectivity index (χ2v) is 6.00. The first-order valence-electron chi connectivity index (χ1n) is 6.30. The number of amides is 2. The molecule has 1 aromatic rings. The smallest absolute Gasteiger partial charge is 0.319 e. The Hall–Kier alpha value is -1.46. The van der Waals surface area contributed by atoms with Gasteiger partial charge in [0.2, 0.25) is 0 Å². The van der Waals surface area contributed by atoms with Gasteiger partial charge in [-0.05, 0) is 23.6 Å². The average Bonchev–Trinajstić information content (AvgIpc) is 2.35. The molecule has 112 valence electrons. The zero-order valence-corrected chi connectivity index (χ0v) is 12.9. The van der Waals surface area contributed by atoms with Crippen molar-refractivity contribution in [1.82, 2.24) is 5.32 Å². The summed E-state index contributed by atoms with van der Waals surface area (Å²) in [5, 5.41) is 15.6. The maximum absolute atomic E-state index is 11.8. The lowest BCUT2D eigenvalue weighted by atomic mass is 9.89. The highest BCUT2D eigenvalue weighted by Crippen LogP contribution is 2.27. The Bertz CT molecular complexity index is 472. The minimum atomic E-state index is -0.630. The van der Waals surface area contributed by atoms with Gasteiger partial charge in [-0.25, -0.2) is 4.79 Å². The Labute approximate surface area is 124 Å². The fourth-order valence-electron chi connectivity index (χ4n) is 1.44. The van der Waals surface area contributed by atoms with E-state index in [0.29, 0.717) is 16.5 Å². The Kier molecular flexibility index (Phi) is 5.65. The van der Waals surface area contributed by atoms with Crippen molar-refractivity contribution in [2.75, 3.05) is 19.0 Å². The van der Waals surface area contributed by atoms with Crippen LogP contribution in [0.2, 0.25) is 5.02 Å². The number of urea groups is 1. The molecule has 0 bridgehead atoms. The molecule has 1 aromatic carbocycles. The number of carbonyl (C=O) groups excluding carboxylic acids is 1. The van der Waals surface area contributed by atoms with Crippen molar-refractivity contribution < 1.29 is 14.6 Å². The van der Waals surface area contributed by atoms with Gasteiger partial charge in [0.15, 0.2) is 0 Å². The number of halogens is 1. The van der Waals surface area contributed by atoms with E-state index in [0.717, 1.165) is 0 Å². The van der Waals surface area contributed by atoms with Gasteiger partial charge < -0.3 is 20.5 Å². The predicted molar refractivity (Wildman–Crippen MR) is 80.5 cm³/mol. The Morgan fingerprint density at radius 1 is 1.45 bits per heavy atom. The van der Waals surface area contributed by atoms with Gasteiger partial charge in [0.05, 0.1) is 18.9 Å². The number of benzene rings is 1. The number of hydrogen-bond donors (Lipinski definition) is 3. The zero-order valence-electron chi connectivity index (χ0n) is 12.2. The molecule has 0 aliphatic carbocycles. The summed E-state index contributed by atoms with van der Waals surface area (Å²) < 4.78 is 5.13. The second-order valence-electron chi connectivity index (χ2n) is 5.56. The molecule has 20 heavy (non-hydrogen) atoms. The van der Waals surface area contributed by atoms with E-state index in [-0.39, 0.29) is 12.0 Å². The van der Waals surface area contributed by atoms with Crippen LogP contribution in [-0.2, 0) is 0 Å². The lowest BCUT2D eigenvalue weighted by molar-refractivity contribution is 0.0654. The molecule has 6 heteroatoms. The highest BCUT2D eigenvalue weighted by molar-refractivity contribution is 6.31. The molecule has 1 atom stereocenters. The zero-order chi connectivity index (χ0) is 15.3. The molecule has 2 amide bonds. The van der Waals surface area contributed by atoms with Crippen molar-refractivity contribution in [2.45, 2.75) is 26.9 Å². The lowest BCUT2D eigenvalue weighted by Gasteiger charge is -2.25. The maximum atomic E-state index is 11.8. The number of rotatable bonds is 4. The number of aliphatic hydroxyl groups excluding tert-OH is 1. The number of ether oxygens (including phenoxy) is 1. The average molecular weight is 301 g/mol. The Morgan fingerprint density at radius 2 is 2.10 bits per heavy atom. The maximum Gasteiger partial charge on any atom is 0.319 e. The van der Waals surface area contributed by atoms with Crippen LogP contribution in [0.3, 0.4) is 0 Å². The third-order valence-electron chi connectivity index (χ3n) is 2.87. The molecule has 1 unspecified atom stereocenters. The molecule has 0 spiro atoms. The van der Waals surface area contributed by atoms with Gasteiger partial charge in [-0.1, -0.05) is 32.4 Å². The first-order chi connectivity index (χ1) is 9.24. The highest BCUT2D eigenvalue weighted by Gasteiger charge is 2.22. The van der Waals surface area contributed by atoms with E-state index >= 15 is 0 Å². The summed E-state index contributed by atoms with van der Waals surface area (Å²) in [6.07, 6.45) is -0.630. The first kappa shape index (κ1) is 16.6. The van der Waals surface area contributed by atoms with Gasteiger partial charge in [-0.15, -0.1) is 0 Å². The summed E-state index contributed by atoms with van der Waals surface area (Å²) >= 11 is 5.88. The molecule has 0 heterocycles. The summed E-state index contributed by atoms with van der Waals surface area (Å²) in [7, 11) is 1.51. The molecule has 5 nitrogen and oxygen atoms in total. The molecule has 0 aromatic heterocycles. The van der Waals surface area contributed by atoms with Crippen LogP contribution in [0.5, 0.6) is 5.75 Å². The third-order valence-corrected chi connectivity index (χ3v) is 3.10. The van der Waals surface area contributed by atoms with E-state index in [1.165, 1.54) is 7.11 Å². The number of nitrogens with one attached hydrogen (secondary N) is 2. The van der Waals surface area contributed by atoms with Crippen LogP contribution < -0.4 is 15.4 Å². The van der Waals surface area contributed by atoms with Gasteiger partial charge in [0, 0.05) is 11.6 Å². The van der Waals surface area contributed by atoms with Crippen LogP contribution in [-0.4, -0.2) is 30.9 Å². The van der Waals surface area contributed by atoms with Gasteiger partial charge in [0.1, 0.15) is 5.75 Å². The minimum absolute atomic E-state index is 0.165. The number of carbonyl (C=O) groups is 1. The molecule has 0 saturated carbocycles. The fourth-order valence-corrected chi connectivity index (χ4v) is 1.61. The Balaban J connectivity index is 2.61. The van der Waals surface area contributed by atoms with E-state index in [1.807, 2.05) is 20.8 Å². The molecular formula is C14H21ClN2O3. The number of anilines is 1. The van der Waals surface area contributed by atoms with Crippen LogP contribution in [0.4, 0.5) is 10.5 Å². The molecule has 0 saturated heterocycles. The monoisotopic (exact) mass is 300 g/mol. The molecular weight excluding hydrogens is 280 g/mol. The molecule has 0 fully saturated rings. The predicted octanol–water partition coefficient (Wildman–Crippen LogP) is 2.88. The van der Waals surface area contributed by atoms with Gasteiger partial charge in [-0.2, -0.15) is 0 Å². The lowest BCUT2D eigenvalue weighted by Crippen LogP contribution is -2.40. The van der Waals surface area contributed by atoms with E-state index in [2.05, 4.69) is 10.6 Å². The normalized spacial score (nSPS) is 12.7. The Morgan fingerprint density at radius 3 is 2.65 bits per heavy atom. The van der Waals surface area contributed by atoms with E-state index in [4.69, 9.17) is 16.3 Å². The first-order valence-corrected chi connectivity index (χ1v) is 6.68. The quantitative estimate of drug-likeness (QED) is 0.801. The number of hydrogen-bond acceptors (Lipinski definition) is 3. The molecule has 0 aliphatic rings. The van der Waals surface area contributed by atoms with Crippen molar-refractivity contribution in [3.05, 3.63) is 23.2 Å². The van der Waals surface area contributed by atoms with Crippen molar-refractivity contribution in [3.8, 4) is 5.75 Å². The summed E-state index contributed by atoms with van der Waals surface area (Å²) in [6.45, 7) is 5.87. The minimum Gasteiger partial charge on any atom is -0.495 e. The standard InChI is InChI=1S/C14H21ClN2O3/c1-14(2,3)12(18)8-16-13(19)17-10-7-9(15)5-6-11(10)20-4/h5-7,12,18H,8H2,1-4H3,(H2,16,17,19). The van der Waals surface area contributed by atoms with E-state index < -0.39 is 12.1 Å². The van der Waals surface area contributed by atoms with Crippen LogP contribution in [0.15, 0.2) is 18.2 Å². The van der Waals surface area contributed by atoms with Crippen LogP contribution in [0, 0.1) is 5.41 Å². The third kappa shape index (κ3) is 4.90. The van der Waals surface area contributed by atoms with E-state index in [9.17, 15) is 9.90 Å². The second kappa shape index (κ2) is 6.81. The fraction of sp³-hybridized carbons (Fsp3) is 0.500. The summed E-state index contributed by atoms with van der Waals surface area (Å²) in [5.74, 6) is 0.515. The molecule has 0 aliphatic heterocycles. The van der Waals surface area contributed by atoms with Crippen LogP contribution >= 0.6 is 11.6 Å². The van der Waals surface area contributed by atoms with Crippen LogP contribution in [0.1, 0.15) is 20.8 Å². The number of aliphatic hydroxyl groups is 1. The summed E-state index contributed by atoms with van der Waals surface area (Å²) in [5.41, 5.74) is 0.184. The SMILES string of the molecule is COc1ccc(Cl)cc1NC(=O)NCC(O)C(C)(C)C. The van der Waals surface area contributed by atoms with Gasteiger partial charge >= 0.3 is 6.03 Å². The topological polar surface area (TPSA) is 70.6 Å². The molecule has 0 radical (unpaired) electrons.